The number of nitrogens with zero attached hydrogens (tertiary/aromatic N) is 3. The number of nitro benzene ring substituents is 1. The molecule has 0 fully saturated rings. The highest BCUT2D eigenvalue weighted by Gasteiger charge is 2.20. The largest absolute Gasteiger partial charge is 0.466 e. The Morgan fingerprint density at radius 1 is 1.23 bits per heavy atom. The summed E-state index contributed by atoms with van der Waals surface area (Å²) >= 11 is 0. The molecule has 0 aliphatic rings. The van der Waals surface area contributed by atoms with Crippen LogP contribution in [0, 0.1) is 10.1 Å². The van der Waals surface area contributed by atoms with Crippen LogP contribution in [0.15, 0.2) is 48.7 Å². The lowest BCUT2D eigenvalue weighted by molar-refractivity contribution is -0.384. The molecule has 0 spiro atoms. The number of amides is 1. The Hall–Kier alpha value is -3.29. The van der Waals surface area contributed by atoms with Crippen molar-refractivity contribution >= 4 is 17.6 Å². The van der Waals surface area contributed by atoms with E-state index in [1.165, 1.54) is 29.2 Å². The molecule has 0 saturated carbocycles. The van der Waals surface area contributed by atoms with E-state index in [2.05, 4.69) is 4.98 Å². The topological polar surface area (TPSA) is 103 Å². The minimum Gasteiger partial charge on any atom is -0.466 e. The molecular weight excluding hydrogens is 338 g/mol. The zero-order chi connectivity index (χ0) is 18.9. The number of esters is 1. The van der Waals surface area contributed by atoms with Crippen LogP contribution in [0.25, 0.3) is 0 Å². The third-order valence-electron chi connectivity index (χ3n) is 3.56. The fourth-order valence-electron chi connectivity index (χ4n) is 2.33. The second-order valence-electron chi connectivity index (χ2n) is 5.41. The van der Waals surface area contributed by atoms with Gasteiger partial charge in [0.05, 0.1) is 30.2 Å². The molecule has 1 amide bonds. The van der Waals surface area contributed by atoms with E-state index in [4.69, 9.17) is 4.74 Å². The molecular formula is C18H19N3O5. The van der Waals surface area contributed by atoms with Gasteiger partial charge in [-0.1, -0.05) is 12.1 Å². The van der Waals surface area contributed by atoms with Crippen LogP contribution >= 0.6 is 0 Å². The van der Waals surface area contributed by atoms with Crippen molar-refractivity contribution in [3.63, 3.8) is 0 Å². The quantitative estimate of drug-likeness (QED) is 0.409. The molecule has 136 valence electrons. The SMILES string of the molecule is CCOC(=O)CCN(Cc1ccccn1)C(=O)c1cccc([N+](=O)[O-])c1. The van der Waals surface area contributed by atoms with Gasteiger partial charge in [-0.05, 0) is 25.1 Å². The molecule has 26 heavy (non-hydrogen) atoms. The average Bonchev–Trinajstić information content (AvgIpc) is 2.65. The maximum Gasteiger partial charge on any atom is 0.307 e. The van der Waals surface area contributed by atoms with Gasteiger partial charge in [0.1, 0.15) is 0 Å². The Bertz CT molecular complexity index is 779. The minimum atomic E-state index is -0.557. The first-order valence-corrected chi connectivity index (χ1v) is 8.10. The Kier molecular flexibility index (Phi) is 6.78. The number of hydrogen-bond donors (Lipinski definition) is 0. The molecule has 2 aromatic rings. The van der Waals surface area contributed by atoms with E-state index in [0.717, 1.165) is 0 Å². The van der Waals surface area contributed by atoms with E-state index >= 15 is 0 Å². The van der Waals surface area contributed by atoms with E-state index in [9.17, 15) is 19.7 Å². The number of aromatic nitrogens is 1. The lowest BCUT2D eigenvalue weighted by atomic mass is 10.1. The van der Waals surface area contributed by atoms with Crippen molar-refractivity contribution in [3.8, 4) is 0 Å². The third kappa shape index (κ3) is 5.37. The third-order valence-corrected chi connectivity index (χ3v) is 3.56. The molecule has 0 saturated heterocycles. The highest BCUT2D eigenvalue weighted by molar-refractivity contribution is 5.95. The van der Waals surface area contributed by atoms with Crippen molar-refractivity contribution in [2.24, 2.45) is 0 Å². The molecule has 0 atom stereocenters. The second-order valence-corrected chi connectivity index (χ2v) is 5.41. The summed E-state index contributed by atoms with van der Waals surface area (Å²) in [6.45, 7) is 2.27. The van der Waals surface area contributed by atoms with E-state index < -0.39 is 16.8 Å². The molecule has 0 aliphatic carbocycles. The van der Waals surface area contributed by atoms with E-state index in [1.54, 1.807) is 31.3 Å². The lowest BCUT2D eigenvalue weighted by Gasteiger charge is -2.22. The fourth-order valence-corrected chi connectivity index (χ4v) is 2.33. The first kappa shape index (κ1) is 19.0. The summed E-state index contributed by atoms with van der Waals surface area (Å²) in [5, 5.41) is 10.9. The molecule has 1 aromatic heterocycles. The highest BCUT2D eigenvalue weighted by Crippen LogP contribution is 2.16. The summed E-state index contributed by atoms with van der Waals surface area (Å²) in [6.07, 6.45) is 1.64. The Balaban J connectivity index is 2.20. The molecule has 0 aliphatic heterocycles. The molecule has 0 bridgehead atoms. The Morgan fingerprint density at radius 3 is 2.69 bits per heavy atom. The summed E-state index contributed by atoms with van der Waals surface area (Å²) in [5.41, 5.74) is 0.660. The van der Waals surface area contributed by atoms with E-state index in [1.807, 2.05) is 0 Å². The van der Waals surface area contributed by atoms with Gasteiger partial charge in [0.15, 0.2) is 0 Å². The number of rotatable bonds is 8. The van der Waals surface area contributed by atoms with Crippen molar-refractivity contribution in [3.05, 3.63) is 70.0 Å². The average molecular weight is 357 g/mol. The maximum absolute atomic E-state index is 12.8. The van der Waals surface area contributed by atoms with Crippen LogP contribution in [-0.4, -0.2) is 39.8 Å². The van der Waals surface area contributed by atoms with Crippen LogP contribution in [0.2, 0.25) is 0 Å². The number of carbonyl (C=O) groups excluding carboxylic acids is 2. The monoisotopic (exact) mass is 357 g/mol. The molecule has 1 aromatic carbocycles. The van der Waals surface area contributed by atoms with Crippen molar-refractivity contribution < 1.29 is 19.2 Å². The van der Waals surface area contributed by atoms with Gasteiger partial charge in [0, 0.05) is 30.4 Å². The molecule has 0 unspecified atom stereocenters. The number of pyridine rings is 1. The van der Waals surface area contributed by atoms with Gasteiger partial charge in [0.25, 0.3) is 11.6 Å². The smallest absolute Gasteiger partial charge is 0.307 e. The first-order valence-electron chi connectivity index (χ1n) is 8.10. The van der Waals surface area contributed by atoms with E-state index in [0.29, 0.717) is 5.69 Å². The number of hydrogen-bond acceptors (Lipinski definition) is 6. The number of carbonyl (C=O) groups is 2. The van der Waals surface area contributed by atoms with E-state index in [-0.39, 0.29) is 37.4 Å². The van der Waals surface area contributed by atoms with Crippen LogP contribution in [0.5, 0.6) is 0 Å². The summed E-state index contributed by atoms with van der Waals surface area (Å²) < 4.78 is 4.90. The maximum atomic E-state index is 12.8. The van der Waals surface area contributed by atoms with Gasteiger partial charge in [-0.15, -0.1) is 0 Å². The predicted molar refractivity (Wildman–Crippen MR) is 93.3 cm³/mol. The molecule has 8 nitrogen and oxygen atoms in total. The Labute approximate surface area is 150 Å². The van der Waals surface area contributed by atoms with Crippen LogP contribution in [0.1, 0.15) is 29.4 Å². The predicted octanol–water partition coefficient (Wildman–Crippen LogP) is 2.59. The minimum absolute atomic E-state index is 0.0291. The van der Waals surface area contributed by atoms with Crippen LogP contribution in [-0.2, 0) is 16.1 Å². The fraction of sp³-hybridized carbons (Fsp3) is 0.278. The molecule has 0 radical (unpaired) electrons. The summed E-state index contributed by atoms with van der Waals surface area (Å²) in [7, 11) is 0. The highest BCUT2D eigenvalue weighted by atomic mass is 16.6. The zero-order valence-electron chi connectivity index (χ0n) is 14.3. The van der Waals surface area contributed by atoms with Crippen molar-refractivity contribution in [1.82, 2.24) is 9.88 Å². The lowest BCUT2D eigenvalue weighted by Crippen LogP contribution is -2.33. The Morgan fingerprint density at radius 2 is 2.04 bits per heavy atom. The zero-order valence-corrected chi connectivity index (χ0v) is 14.3. The summed E-state index contributed by atoms with van der Waals surface area (Å²) in [6, 6.07) is 10.8. The second kappa shape index (κ2) is 9.26. The number of ether oxygens (including phenoxy) is 1. The molecule has 8 heteroatoms. The number of non-ortho nitro benzene ring substituents is 1. The van der Waals surface area contributed by atoms with Crippen molar-refractivity contribution in [2.75, 3.05) is 13.2 Å². The van der Waals surface area contributed by atoms with Gasteiger partial charge in [-0.3, -0.25) is 24.7 Å². The van der Waals surface area contributed by atoms with Gasteiger partial charge in [-0.2, -0.15) is 0 Å². The van der Waals surface area contributed by atoms with Crippen molar-refractivity contribution in [1.29, 1.82) is 0 Å². The molecule has 2 rings (SSSR count). The molecule has 0 N–H and O–H groups in total. The standard InChI is InChI=1S/C18H19N3O5/c1-2-26-17(22)9-11-20(13-15-7-3-4-10-19-15)18(23)14-6-5-8-16(12-14)21(24)25/h3-8,10,12H,2,9,11,13H2,1H3. The van der Waals surface area contributed by atoms with Crippen LogP contribution < -0.4 is 0 Å². The number of nitro groups is 1. The van der Waals surface area contributed by atoms with Crippen LogP contribution in [0.3, 0.4) is 0 Å². The summed E-state index contributed by atoms with van der Waals surface area (Å²) in [4.78, 5) is 40.4. The normalized spacial score (nSPS) is 10.2. The first-order chi connectivity index (χ1) is 12.5. The summed E-state index contributed by atoms with van der Waals surface area (Å²) in [5.74, 6) is -0.825. The number of benzene rings is 1. The molecule has 1 heterocycles. The van der Waals surface area contributed by atoms with Crippen molar-refractivity contribution in [2.45, 2.75) is 19.9 Å². The van der Waals surface area contributed by atoms with Gasteiger partial charge < -0.3 is 9.64 Å². The van der Waals surface area contributed by atoms with Gasteiger partial charge in [0.2, 0.25) is 0 Å². The van der Waals surface area contributed by atoms with Gasteiger partial charge in [-0.25, -0.2) is 0 Å². The van der Waals surface area contributed by atoms with Crippen LogP contribution in [0.4, 0.5) is 5.69 Å². The van der Waals surface area contributed by atoms with Gasteiger partial charge >= 0.3 is 5.97 Å².